The van der Waals surface area contributed by atoms with Crippen molar-refractivity contribution in [2.24, 2.45) is 0 Å². The van der Waals surface area contributed by atoms with Gasteiger partial charge in [0.05, 0.1) is 12.1 Å². The number of hydrogen-bond acceptors (Lipinski definition) is 3. The molecule has 0 saturated carbocycles. The molecule has 0 bridgehead atoms. The van der Waals surface area contributed by atoms with Crippen molar-refractivity contribution >= 4 is 5.91 Å². The number of amides is 1. The van der Waals surface area contributed by atoms with Crippen molar-refractivity contribution in [1.29, 1.82) is 0 Å². The normalized spacial score (nSPS) is 16.9. The van der Waals surface area contributed by atoms with Crippen molar-refractivity contribution < 1.29 is 14.6 Å². The second-order valence-corrected chi connectivity index (χ2v) is 6.11. The summed E-state index contributed by atoms with van der Waals surface area (Å²) in [7, 11) is 1.60. The van der Waals surface area contributed by atoms with Gasteiger partial charge in [0.15, 0.2) is 0 Å². The third kappa shape index (κ3) is 4.05. The van der Waals surface area contributed by atoms with E-state index in [1.807, 2.05) is 19.1 Å². The van der Waals surface area contributed by atoms with Crippen LogP contribution in [0.2, 0.25) is 0 Å². The molecule has 1 aliphatic carbocycles. The predicted octanol–water partition coefficient (Wildman–Crippen LogP) is 2.08. The largest absolute Gasteiger partial charge is 0.396 e. The minimum Gasteiger partial charge on any atom is -0.396 e. The molecule has 0 saturated heterocycles. The fourth-order valence-electron chi connectivity index (χ4n) is 2.96. The number of methoxy groups -OCH3 is 1. The number of hydrogen-bond donors (Lipinski definition) is 2. The Morgan fingerprint density at radius 1 is 1.33 bits per heavy atom. The molecule has 0 heterocycles. The first-order chi connectivity index (χ1) is 10.1. The number of aliphatic hydroxyl groups is 1. The highest BCUT2D eigenvalue weighted by Gasteiger charge is 2.26. The van der Waals surface area contributed by atoms with Gasteiger partial charge in [0.2, 0.25) is 0 Å². The summed E-state index contributed by atoms with van der Waals surface area (Å²) in [6.45, 7) is 2.29. The molecule has 1 aromatic rings. The van der Waals surface area contributed by atoms with Crippen molar-refractivity contribution in [2.45, 2.75) is 44.6 Å². The van der Waals surface area contributed by atoms with Crippen LogP contribution >= 0.6 is 0 Å². The second kappa shape index (κ2) is 7.05. The average Bonchev–Trinajstić information content (AvgIpc) is 2.47. The van der Waals surface area contributed by atoms with Crippen molar-refractivity contribution in [3.63, 3.8) is 0 Å². The lowest BCUT2D eigenvalue weighted by Crippen LogP contribution is -2.50. The highest BCUT2D eigenvalue weighted by molar-refractivity contribution is 5.95. The van der Waals surface area contributed by atoms with Crippen LogP contribution in [-0.2, 0) is 17.6 Å². The molecule has 2 rings (SSSR count). The summed E-state index contributed by atoms with van der Waals surface area (Å²) in [5.74, 6) is -0.101. The van der Waals surface area contributed by atoms with Crippen LogP contribution in [0, 0.1) is 0 Å². The number of rotatable bonds is 6. The van der Waals surface area contributed by atoms with E-state index in [-0.39, 0.29) is 12.5 Å². The average molecular weight is 291 g/mol. The second-order valence-electron chi connectivity index (χ2n) is 6.11. The summed E-state index contributed by atoms with van der Waals surface area (Å²) in [6, 6.07) is 5.98. The SMILES string of the molecule is COCC(C)(CCO)NC(=O)c1ccc2c(c1)CCCC2. The minimum atomic E-state index is -0.545. The molecule has 116 valence electrons. The van der Waals surface area contributed by atoms with Gasteiger partial charge < -0.3 is 15.2 Å². The van der Waals surface area contributed by atoms with E-state index in [1.54, 1.807) is 7.11 Å². The maximum Gasteiger partial charge on any atom is 0.251 e. The van der Waals surface area contributed by atoms with Crippen molar-refractivity contribution in [3.05, 3.63) is 34.9 Å². The first kappa shape index (κ1) is 16.0. The van der Waals surface area contributed by atoms with Gasteiger partial charge in [-0.25, -0.2) is 0 Å². The highest BCUT2D eigenvalue weighted by atomic mass is 16.5. The number of aliphatic hydroxyl groups excluding tert-OH is 1. The fraction of sp³-hybridized carbons (Fsp3) is 0.588. The predicted molar refractivity (Wildman–Crippen MR) is 82.5 cm³/mol. The molecule has 4 nitrogen and oxygen atoms in total. The van der Waals surface area contributed by atoms with Crippen LogP contribution in [0.1, 0.15) is 47.7 Å². The van der Waals surface area contributed by atoms with Crippen LogP contribution in [-0.4, -0.2) is 36.9 Å². The van der Waals surface area contributed by atoms with Crippen LogP contribution < -0.4 is 5.32 Å². The Hall–Kier alpha value is -1.39. The van der Waals surface area contributed by atoms with E-state index in [4.69, 9.17) is 9.84 Å². The van der Waals surface area contributed by atoms with E-state index in [1.165, 1.54) is 24.0 Å². The lowest BCUT2D eigenvalue weighted by atomic mass is 9.90. The molecule has 2 N–H and O–H groups in total. The number of benzene rings is 1. The van der Waals surface area contributed by atoms with Crippen molar-refractivity contribution in [1.82, 2.24) is 5.32 Å². The maximum absolute atomic E-state index is 12.4. The summed E-state index contributed by atoms with van der Waals surface area (Å²) in [6.07, 6.45) is 5.08. The van der Waals surface area contributed by atoms with Gasteiger partial charge in [-0.1, -0.05) is 6.07 Å². The minimum absolute atomic E-state index is 0.0182. The van der Waals surface area contributed by atoms with Crippen LogP contribution in [0.15, 0.2) is 18.2 Å². The Balaban J connectivity index is 2.12. The first-order valence-corrected chi connectivity index (χ1v) is 7.62. The summed E-state index contributed by atoms with van der Waals surface area (Å²) >= 11 is 0. The molecule has 1 atom stereocenters. The monoisotopic (exact) mass is 291 g/mol. The number of aryl methyl sites for hydroxylation is 2. The third-order valence-electron chi connectivity index (χ3n) is 4.15. The molecule has 0 fully saturated rings. The Bertz CT molecular complexity index is 493. The number of carbonyl (C=O) groups is 1. The summed E-state index contributed by atoms with van der Waals surface area (Å²) in [5, 5.41) is 12.2. The molecular formula is C17H25NO3. The molecule has 0 aromatic heterocycles. The Morgan fingerprint density at radius 2 is 2.05 bits per heavy atom. The number of fused-ring (bicyclic) bond motifs is 1. The third-order valence-corrected chi connectivity index (χ3v) is 4.15. The van der Waals surface area contributed by atoms with Gasteiger partial charge >= 0.3 is 0 Å². The quantitative estimate of drug-likeness (QED) is 0.843. The molecular weight excluding hydrogens is 266 g/mol. The summed E-state index contributed by atoms with van der Waals surface area (Å²) in [4.78, 5) is 12.4. The van der Waals surface area contributed by atoms with E-state index in [9.17, 15) is 4.79 Å². The molecule has 0 aliphatic heterocycles. The molecule has 21 heavy (non-hydrogen) atoms. The van der Waals surface area contributed by atoms with Crippen LogP contribution in [0.25, 0.3) is 0 Å². The zero-order valence-electron chi connectivity index (χ0n) is 12.9. The van der Waals surface area contributed by atoms with Gasteiger partial charge in [-0.2, -0.15) is 0 Å². The molecule has 1 amide bonds. The van der Waals surface area contributed by atoms with Crippen molar-refractivity contribution in [2.75, 3.05) is 20.3 Å². The van der Waals surface area contributed by atoms with Crippen LogP contribution in [0.4, 0.5) is 0 Å². The lowest BCUT2D eigenvalue weighted by Gasteiger charge is -2.29. The van der Waals surface area contributed by atoms with Crippen molar-refractivity contribution in [3.8, 4) is 0 Å². The van der Waals surface area contributed by atoms with E-state index in [0.717, 1.165) is 12.8 Å². The standard InChI is InChI=1S/C17H25NO3/c1-17(9-10-19,12-21-2)18-16(20)15-8-7-13-5-3-4-6-14(13)11-15/h7-8,11,19H,3-6,9-10,12H2,1-2H3,(H,18,20). The van der Waals surface area contributed by atoms with E-state index >= 15 is 0 Å². The first-order valence-electron chi connectivity index (χ1n) is 7.62. The smallest absolute Gasteiger partial charge is 0.251 e. The molecule has 1 unspecified atom stereocenters. The molecule has 0 radical (unpaired) electrons. The van der Waals surface area contributed by atoms with E-state index in [0.29, 0.717) is 18.6 Å². The van der Waals surface area contributed by atoms with Gasteiger partial charge in [0.25, 0.3) is 5.91 Å². The molecule has 1 aliphatic rings. The maximum atomic E-state index is 12.4. The van der Waals surface area contributed by atoms with Gasteiger partial charge in [-0.3, -0.25) is 4.79 Å². The number of ether oxygens (including phenoxy) is 1. The molecule has 1 aromatic carbocycles. The summed E-state index contributed by atoms with van der Waals surface area (Å²) < 4.78 is 5.16. The number of nitrogens with one attached hydrogen (secondary N) is 1. The van der Waals surface area contributed by atoms with Crippen LogP contribution in [0.5, 0.6) is 0 Å². The van der Waals surface area contributed by atoms with E-state index in [2.05, 4.69) is 11.4 Å². The van der Waals surface area contributed by atoms with Gasteiger partial charge in [0, 0.05) is 19.3 Å². The Kier molecular flexibility index (Phi) is 5.37. The van der Waals surface area contributed by atoms with Gasteiger partial charge in [0.1, 0.15) is 0 Å². The van der Waals surface area contributed by atoms with Gasteiger partial charge in [-0.15, -0.1) is 0 Å². The van der Waals surface area contributed by atoms with Gasteiger partial charge in [-0.05, 0) is 62.3 Å². The molecule has 0 spiro atoms. The topological polar surface area (TPSA) is 58.6 Å². The Morgan fingerprint density at radius 3 is 2.71 bits per heavy atom. The Labute approximate surface area is 126 Å². The number of carbonyl (C=O) groups excluding carboxylic acids is 1. The highest BCUT2D eigenvalue weighted by Crippen LogP contribution is 2.22. The summed E-state index contributed by atoms with van der Waals surface area (Å²) in [5.41, 5.74) is 2.81. The lowest BCUT2D eigenvalue weighted by molar-refractivity contribution is 0.0725. The zero-order valence-corrected chi connectivity index (χ0v) is 12.9. The van der Waals surface area contributed by atoms with Crippen LogP contribution in [0.3, 0.4) is 0 Å². The van der Waals surface area contributed by atoms with E-state index < -0.39 is 5.54 Å². The fourth-order valence-corrected chi connectivity index (χ4v) is 2.96. The zero-order chi connectivity index (χ0) is 15.3. The molecule has 4 heteroatoms.